The van der Waals surface area contributed by atoms with Crippen LogP contribution in [0.4, 0.5) is 0 Å². The zero-order chi connectivity index (χ0) is 12.5. The molecule has 2 aromatic rings. The van der Waals surface area contributed by atoms with Gasteiger partial charge >= 0.3 is 5.97 Å². The number of ether oxygens (including phenoxy) is 1. The molecule has 0 atom stereocenters. The number of thiophene rings is 1. The van der Waals surface area contributed by atoms with E-state index in [1.165, 1.54) is 28.9 Å². The van der Waals surface area contributed by atoms with Crippen LogP contribution in [-0.2, 0) is 12.8 Å². The van der Waals surface area contributed by atoms with E-state index in [-0.39, 0.29) is 0 Å². The van der Waals surface area contributed by atoms with E-state index in [0.29, 0.717) is 10.6 Å². The fourth-order valence-electron chi connectivity index (χ4n) is 2.23. The molecule has 1 aliphatic rings. The Morgan fingerprint density at radius 1 is 1.17 bits per heavy atom. The van der Waals surface area contributed by atoms with Crippen LogP contribution in [0.15, 0.2) is 29.6 Å². The molecule has 0 amide bonds. The van der Waals surface area contributed by atoms with E-state index in [9.17, 15) is 4.79 Å². The largest absolute Gasteiger partial charge is 0.477 e. The number of hydrogen-bond donors (Lipinski definition) is 1. The molecule has 1 heterocycles. The average molecular weight is 260 g/mol. The van der Waals surface area contributed by atoms with E-state index in [1.54, 1.807) is 11.4 Å². The van der Waals surface area contributed by atoms with Crippen LogP contribution < -0.4 is 4.74 Å². The van der Waals surface area contributed by atoms with Gasteiger partial charge in [-0.05, 0) is 42.5 Å². The Kier molecular flexibility index (Phi) is 2.80. The summed E-state index contributed by atoms with van der Waals surface area (Å²) >= 11 is 1.18. The van der Waals surface area contributed by atoms with Gasteiger partial charge in [-0.15, -0.1) is 11.3 Å². The fraction of sp³-hybridized carbons (Fsp3) is 0.214. The second-order valence-electron chi connectivity index (χ2n) is 4.34. The summed E-state index contributed by atoms with van der Waals surface area (Å²) in [5, 5.41) is 10.6. The van der Waals surface area contributed by atoms with Crippen LogP contribution in [0, 0.1) is 0 Å². The van der Waals surface area contributed by atoms with Crippen molar-refractivity contribution in [2.75, 3.05) is 0 Å². The molecule has 4 heteroatoms. The smallest absolute Gasteiger partial charge is 0.346 e. The van der Waals surface area contributed by atoms with Crippen molar-refractivity contribution >= 4 is 17.3 Å². The predicted molar refractivity (Wildman–Crippen MR) is 69.8 cm³/mol. The van der Waals surface area contributed by atoms with Crippen LogP contribution in [-0.4, -0.2) is 11.1 Å². The maximum Gasteiger partial charge on any atom is 0.346 e. The minimum absolute atomic E-state index is 0.297. The first kappa shape index (κ1) is 11.3. The van der Waals surface area contributed by atoms with E-state index in [0.717, 1.165) is 18.6 Å². The molecule has 3 nitrogen and oxygen atoms in total. The Balaban J connectivity index is 1.81. The predicted octanol–water partition coefficient (Wildman–Crippen LogP) is 3.73. The molecule has 0 saturated heterocycles. The molecule has 18 heavy (non-hydrogen) atoms. The molecule has 1 aromatic heterocycles. The summed E-state index contributed by atoms with van der Waals surface area (Å²) in [5.74, 6) is 0.463. The first-order valence-electron chi connectivity index (χ1n) is 5.84. The Morgan fingerprint density at radius 2 is 2.00 bits per heavy atom. The van der Waals surface area contributed by atoms with Crippen molar-refractivity contribution in [3.63, 3.8) is 0 Å². The average Bonchev–Trinajstić information content (AvgIpc) is 2.96. The molecule has 1 N–H and O–H groups in total. The van der Waals surface area contributed by atoms with Crippen molar-refractivity contribution in [2.45, 2.75) is 19.3 Å². The second kappa shape index (κ2) is 4.46. The Morgan fingerprint density at radius 3 is 2.78 bits per heavy atom. The summed E-state index contributed by atoms with van der Waals surface area (Å²) < 4.78 is 5.68. The molecule has 0 fully saturated rings. The number of benzene rings is 1. The highest BCUT2D eigenvalue weighted by Gasteiger charge is 2.12. The number of fused-ring (bicyclic) bond motifs is 1. The Labute approximate surface area is 109 Å². The lowest BCUT2D eigenvalue weighted by Gasteiger charge is -2.05. The van der Waals surface area contributed by atoms with Gasteiger partial charge in [0.1, 0.15) is 16.4 Å². The summed E-state index contributed by atoms with van der Waals surface area (Å²) in [7, 11) is 0. The third-order valence-electron chi connectivity index (χ3n) is 3.09. The van der Waals surface area contributed by atoms with Gasteiger partial charge in [0.25, 0.3) is 0 Å². The van der Waals surface area contributed by atoms with Crippen LogP contribution in [0.2, 0.25) is 0 Å². The summed E-state index contributed by atoms with van der Waals surface area (Å²) in [4.78, 5) is 11.1. The number of carboxylic acids is 1. The van der Waals surface area contributed by atoms with Crippen molar-refractivity contribution in [2.24, 2.45) is 0 Å². The van der Waals surface area contributed by atoms with Gasteiger partial charge in [0.15, 0.2) is 0 Å². The lowest BCUT2D eigenvalue weighted by molar-refractivity contribution is 0.0702. The number of carboxylic acid groups (broad SMARTS) is 1. The van der Waals surface area contributed by atoms with Crippen LogP contribution in [0.1, 0.15) is 27.2 Å². The molecule has 1 aromatic carbocycles. The third-order valence-corrected chi connectivity index (χ3v) is 3.99. The van der Waals surface area contributed by atoms with Gasteiger partial charge in [-0.25, -0.2) is 4.79 Å². The molecule has 1 aliphatic carbocycles. The highest BCUT2D eigenvalue weighted by atomic mass is 32.1. The second-order valence-corrected chi connectivity index (χ2v) is 5.25. The Bertz CT molecular complexity index is 601. The third kappa shape index (κ3) is 2.11. The van der Waals surface area contributed by atoms with Crippen molar-refractivity contribution in [3.8, 4) is 11.5 Å². The number of carbonyl (C=O) groups is 1. The first-order chi connectivity index (χ1) is 8.72. The molecule has 0 saturated carbocycles. The number of hydrogen-bond acceptors (Lipinski definition) is 3. The molecule has 0 unspecified atom stereocenters. The number of rotatable bonds is 3. The summed E-state index contributed by atoms with van der Waals surface area (Å²) in [5.41, 5.74) is 2.75. The number of aromatic carboxylic acids is 1. The van der Waals surface area contributed by atoms with Crippen LogP contribution in [0.3, 0.4) is 0 Å². The molecule has 92 valence electrons. The number of aryl methyl sites for hydroxylation is 2. The van der Waals surface area contributed by atoms with Crippen molar-refractivity contribution < 1.29 is 14.6 Å². The van der Waals surface area contributed by atoms with Gasteiger partial charge in [-0.2, -0.15) is 0 Å². The zero-order valence-electron chi connectivity index (χ0n) is 9.68. The molecule has 0 aliphatic heterocycles. The van der Waals surface area contributed by atoms with Crippen molar-refractivity contribution in [3.05, 3.63) is 45.6 Å². The van der Waals surface area contributed by atoms with Gasteiger partial charge in [-0.3, -0.25) is 0 Å². The molecular weight excluding hydrogens is 248 g/mol. The highest BCUT2D eigenvalue weighted by molar-refractivity contribution is 7.12. The lowest BCUT2D eigenvalue weighted by Crippen LogP contribution is -1.90. The molecular formula is C14H12O3S. The minimum atomic E-state index is -0.913. The monoisotopic (exact) mass is 260 g/mol. The fourth-order valence-corrected chi connectivity index (χ4v) is 2.88. The first-order valence-corrected chi connectivity index (χ1v) is 6.72. The normalized spacial score (nSPS) is 13.3. The maximum absolute atomic E-state index is 10.8. The van der Waals surface area contributed by atoms with E-state index in [1.807, 2.05) is 6.07 Å². The molecule has 3 rings (SSSR count). The van der Waals surface area contributed by atoms with E-state index >= 15 is 0 Å². The van der Waals surface area contributed by atoms with Gasteiger partial charge in [-0.1, -0.05) is 6.07 Å². The minimum Gasteiger partial charge on any atom is -0.477 e. The zero-order valence-corrected chi connectivity index (χ0v) is 10.5. The lowest BCUT2D eigenvalue weighted by atomic mass is 10.1. The van der Waals surface area contributed by atoms with E-state index in [2.05, 4.69) is 12.1 Å². The molecule has 0 spiro atoms. The summed E-state index contributed by atoms with van der Waals surface area (Å²) in [6.45, 7) is 0. The van der Waals surface area contributed by atoms with Gasteiger partial charge in [0.05, 0.1) is 0 Å². The van der Waals surface area contributed by atoms with Crippen LogP contribution in [0.5, 0.6) is 11.5 Å². The van der Waals surface area contributed by atoms with Gasteiger partial charge in [0.2, 0.25) is 0 Å². The van der Waals surface area contributed by atoms with Gasteiger partial charge < -0.3 is 9.84 Å². The van der Waals surface area contributed by atoms with E-state index < -0.39 is 5.97 Å². The SMILES string of the molecule is O=C(O)c1cc(Oc2ccc3c(c2)CCC3)cs1. The van der Waals surface area contributed by atoms with Crippen LogP contribution >= 0.6 is 11.3 Å². The van der Waals surface area contributed by atoms with Gasteiger partial charge in [0, 0.05) is 11.4 Å². The van der Waals surface area contributed by atoms with Crippen molar-refractivity contribution in [1.82, 2.24) is 0 Å². The Hall–Kier alpha value is -1.81. The molecule has 0 radical (unpaired) electrons. The van der Waals surface area contributed by atoms with E-state index in [4.69, 9.17) is 9.84 Å². The standard InChI is InChI=1S/C14H12O3S/c15-14(16)13-7-12(8-18-13)17-11-5-4-9-2-1-3-10(9)6-11/h4-8H,1-3H2,(H,15,16). The highest BCUT2D eigenvalue weighted by Crippen LogP contribution is 2.31. The van der Waals surface area contributed by atoms with Crippen molar-refractivity contribution in [1.29, 1.82) is 0 Å². The molecule has 0 bridgehead atoms. The quantitative estimate of drug-likeness (QED) is 0.914. The van der Waals surface area contributed by atoms with Crippen LogP contribution in [0.25, 0.3) is 0 Å². The topological polar surface area (TPSA) is 46.5 Å². The summed E-state index contributed by atoms with van der Waals surface area (Å²) in [6.07, 6.45) is 3.47. The summed E-state index contributed by atoms with van der Waals surface area (Å²) in [6, 6.07) is 7.66. The maximum atomic E-state index is 10.8.